The van der Waals surface area contributed by atoms with Crippen molar-refractivity contribution in [3.63, 3.8) is 0 Å². The molecule has 136 valence electrons. The summed E-state index contributed by atoms with van der Waals surface area (Å²) < 4.78 is 19.1. The number of halogens is 1. The fraction of sp³-hybridized carbons (Fsp3) is 0.438. The lowest BCUT2D eigenvalue weighted by Gasteiger charge is -2.34. The summed E-state index contributed by atoms with van der Waals surface area (Å²) in [5.74, 6) is -1.49. The third-order valence-electron chi connectivity index (χ3n) is 3.91. The summed E-state index contributed by atoms with van der Waals surface area (Å²) in [5.41, 5.74) is 5.38. The molecular formula is C16H21FN4O4. The van der Waals surface area contributed by atoms with Crippen molar-refractivity contribution >= 4 is 17.7 Å². The van der Waals surface area contributed by atoms with Crippen molar-refractivity contribution < 1.29 is 23.5 Å². The zero-order valence-corrected chi connectivity index (χ0v) is 13.9. The Labute approximate surface area is 144 Å². The summed E-state index contributed by atoms with van der Waals surface area (Å²) in [6, 6.07) is 3.75. The van der Waals surface area contributed by atoms with Gasteiger partial charge in [0.15, 0.2) is 0 Å². The number of rotatable bonds is 7. The molecule has 8 nitrogen and oxygen atoms in total. The van der Waals surface area contributed by atoms with Gasteiger partial charge < -0.3 is 21.1 Å². The zero-order chi connectivity index (χ0) is 18.4. The Morgan fingerprint density at radius 1 is 1.48 bits per heavy atom. The van der Waals surface area contributed by atoms with E-state index in [2.05, 4.69) is 10.6 Å². The van der Waals surface area contributed by atoms with Crippen LogP contribution in [0.1, 0.15) is 12.0 Å². The molecule has 0 saturated carbocycles. The van der Waals surface area contributed by atoms with E-state index in [0.717, 1.165) is 0 Å². The molecule has 0 spiro atoms. The molecule has 0 unspecified atom stereocenters. The summed E-state index contributed by atoms with van der Waals surface area (Å²) in [7, 11) is 1.45. The van der Waals surface area contributed by atoms with Crippen molar-refractivity contribution in [2.24, 2.45) is 5.73 Å². The van der Waals surface area contributed by atoms with Gasteiger partial charge in [-0.25, -0.2) is 4.39 Å². The highest BCUT2D eigenvalue weighted by Gasteiger charge is 2.32. The van der Waals surface area contributed by atoms with Crippen LogP contribution in [0.5, 0.6) is 5.75 Å². The first-order valence-corrected chi connectivity index (χ1v) is 7.80. The monoisotopic (exact) mass is 352 g/mol. The van der Waals surface area contributed by atoms with Crippen molar-refractivity contribution in [1.29, 1.82) is 0 Å². The molecule has 0 aromatic heterocycles. The number of methoxy groups -OCH3 is 1. The molecule has 1 aromatic carbocycles. The quantitative estimate of drug-likeness (QED) is 0.590. The first-order valence-electron chi connectivity index (χ1n) is 7.80. The van der Waals surface area contributed by atoms with Crippen LogP contribution in [-0.2, 0) is 20.9 Å². The molecule has 2 rings (SSSR count). The molecular weight excluding hydrogens is 331 g/mol. The molecule has 9 heteroatoms. The van der Waals surface area contributed by atoms with Crippen molar-refractivity contribution in [1.82, 2.24) is 15.5 Å². The Kier molecular flexibility index (Phi) is 6.29. The molecule has 0 radical (unpaired) electrons. The maximum atomic E-state index is 14.2. The van der Waals surface area contributed by atoms with Crippen LogP contribution in [0.2, 0.25) is 0 Å². The van der Waals surface area contributed by atoms with Crippen molar-refractivity contribution in [3.8, 4) is 5.75 Å². The minimum Gasteiger partial charge on any atom is -0.497 e. The van der Waals surface area contributed by atoms with Gasteiger partial charge in [-0.05, 0) is 6.07 Å². The number of nitrogens with one attached hydrogen (secondary N) is 2. The first-order chi connectivity index (χ1) is 11.9. The second-order valence-electron chi connectivity index (χ2n) is 5.68. The van der Waals surface area contributed by atoms with Gasteiger partial charge in [-0.1, -0.05) is 6.07 Å². The van der Waals surface area contributed by atoms with E-state index in [9.17, 15) is 18.8 Å². The van der Waals surface area contributed by atoms with Gasteiger partial charge in [0.1, 0.15) is 11.6 Å². The van der Waals surface area contributed by atoms with Crippen LogP contribution in [0.15, 0.2) is 18.2 Å². The van der Waals surface area contributed by atoms with Gasteiger partial charge >= 0.3 is 0 Å². The van der Waals surface area contributed by atoms with Crippen LogP contribution < -0.4 is 21.1 Å². The molecule has 1 aromatic rings. The maximum Gasteiger partial charge on any atom is 0.237 e. The number of benzene rings is 1. The average molecular weight is 352 g/mol. The van der Waals surface area contributed by atoms with Gasteiger partial charge in [-0.15, -0.1) is 0 Å². The first kappa shape index (κ1) is 18.7. The van der Waals surface area contributed by atoms with Crippen molar-refractivity contribution in [2.75, 3.05) is 26.7 Å². The number of hydrogen-bond acceptors (Lipinski definition) is 5. The van der Waals surface area contributed by atoms with Crippen LogP contribution in [0.25, 0.3) is 0 Å². The lowest BCUT2D eigenvalue weighted by Crippen LogP contribution is -2.56. The Hall–Kier alpha value is -2.68. The summed E-state index contributed by atoms with van der Waals surface area (Å²) >= 11 is 0. The third kappa shape index (κ3) is 5.15. The van der Waals surface area contributed by atoms with E-state index >= 15 is 0 Å². The fourth-order valence-corrected chi connectivity index (χ4v) is 2.61. The highest BCUT2D eigenvalue weighted by atomic mass is 19.1. The Bertz CT molecular complexity index is 668. The SMILES string of the molecule is COc1ccc(CN2CCNC(=O)[C@H]2CC(=O)NCC(N)=O)c(F)c1. The molecule has 0 aliphatic carbocycles. The minimum atomic E-state index is -0.747. The van der Waals surface area contributed by atoms with Crippen LogP contribution in [-0.4, -0.2) is 55.4 Å². The van der Waals surface area contributed by atoms with Crippen molar-refractivity contribution in [3.05, 3.63) is 29.6 Å². The molecule has 1 aliphatic rings. The number of amides is 3. The van der Waals surface area contributed by atoms with Gasteiger partial charge in [0.2, 0.25) is 17.7 Å². The number of primary amides is 1. The Morgan fingerprint density at radius 3 is 2.88 bits per heavy atom. The topological polar surface area (TPSA) is 114 Å². The Morgan fingerprint density at radius 2 is 2.24 bits per heavy atom. The average Bonchev–Trinajstić information content (AvgIpc) is 2.57. The van der Waals surface area contributed by atoms with E-state index in [0.29, 0.717) is 24.4 Å². The highest BCUT2D eigenvalue weighted by Crippen LogP contribution is 2.20. The van der Waals surface area contributed by atoms with Crippen molar-refractivity contribution in [2.45, 2.75) is 19.0 Å². The molecule has 25 heavy (non-hydrogen) atoms. The summed E-state index contributed by atoms with van der Waals surface area (Å²) in [5, 5.41) is 5.04. The number of hydrogen-bond donors (Lipinski definition) is 3. The third-order valence-corrected chi connectivity index (χ3v) is 3.91. The fourth-order valence-electron chi connectivity index (χ4n) is 2.61. The predicted octanol–water partition coefficient (Wildman–Crippen LogP) is -0.874. The van der Waals surface area contributed by atoms with E-state index in [1.54, 1.807) is 17.0 Å². The molecule has 1 fully saturated rings. The molecule has 0 bridgehead atoms. The maximum absolute atomic E-state index is 14.2. The second-order valence-corrected chi connectivity index (χ2v) is 5.68. The molecule has 1 heterocycles. The molecule has 1 atom stereocenters. The summed E-state index contributed by atoms with van der Waals surface area (Å²) in [6.45, 7) is 0.776. The number of nitrogens with zero attached hydrogens (tertiary/aromatic N) is 1. The smallest absolute Gasteiger partial charge is 0.237 e. The van der Waals surface area contributed by atoms with Gasteiger partial charge in [-0.3, -0.25) is 19.3 Å². The number of piperazine rings is 1. The lowest BCUT2D eigenvalue weighted by molar-refractivity contribution is -0.134. The molecule has 1 saturated heterocycles. The summed E-state index contributed by atoms with van der Waals surface area (Å²) in [4.78, 5) is 36.5. The standard InChI is InChI=1S/C16H21FN4O4/c1-25-11-3-2-10(12(17)6-11)9-21-5-4-19-16(24)13(21)7-15(23)20-8-14(18)22/h2-3,6,13H,4-5,7-9H2,1H3,(H2,18,22)(H,19,24)(H,20,23)/t13-/m1/s1. The van der Waals surface area contributed by atoms with Crippen LogP contribution in [0, 0.1) is 5.82 Å². The predicted molar refractivity (Wildman–Crippen MR) is 87.0 cm³/mol. The highest BCUT2D eigenvalue weighted by molar-refractivity contribution is 5.90. The van der Waals surface area contributed by atoms with Gasteiger partial charge in [-0.2, -0.15) is 0 Å². The van der Waals surface area contributed by atoms with Crippen LogP contribution in [0.3, 0.4) is 0 Å². The van der Waals surface area contributed by atoms with E-state index in [1.807, 2.05) is 0 Å². The van der Waals surface area contributed by atoms with Crippen LogP contribution >= 0.6 is 0 Å². The van der Waals surface area contributed by atoms with Gasteiger partial charge in [0.25, 0.3) is 0 Å². The van der Waals surface area contributed by atoms with Gasteiger partial charge in [0.05, 0.1) is 26.1 Å². The second kappa shape index (κ2) is 8.43. The number of carbonyl (C=O) groups is 3. The molecule has 1 aliphatic heterocycles. The van der Waals surface area contributed by atoms with Crippen LogP contribution in [0.4, 0.5) is 4.39 Å². The lowest BCUT2D eigenvalue weighted by atomic mass is 10.1. The van der Waals surface area contributed by atoms with E-state index in [-0.39, 0.29) is 25.4 Å². The molecule has 4 N–H and O–H groups in total. The Balaban J connectivity index is 2.07. The van der Waals surface area contributed by atoms with E-state index < -0.39 is 23.7 Å². The van der Waals surface area contributed by atoms with E-state index in [1.165, 1.54) is 13.2 Å². The number of carbonyl (C=O) groups excluding carboxylic acids is 3. The number of ether oxygens (including phenoxy) is 1. The largest absolute Gasteiger partial charge is 0.497 e. The van der Waals surface area contributed by atoms with E-state index in [4.69, 9.17) is 10.5 Å². The van der Waals surface area contributed by atoms with Gasteiger partial charge in [0, 0.05) is 31.3 Å². The molecule has 3 amide bonds. The zero-order valence-electron chi connectivity index (χ0n) is 13.9. The summed E-state index contributed by atoms with van der Waals surface area (Å²) in [6.07, 6.45) is -0.142. The normalized spacial score (nSPS) is 17.7. The minimum absolute atomic E-state index is 0.142. The number of nitrogens with two attached hydrogens (primary N) is 1.